The van der Waals surface area contributed by atoms with Crippen molar-refractivity contribution in [1.29, 1.82) is 5.26 Å². The third-order valence-corrected chi connectivity index (χ3v) is 4.95. The summed E-state index contributed by atoms with van der Waals surface area (Å²) in [5.74, 6) is 1.30. The molecule has 0 spiro atoms. The van der Waals surface area contributed by atoms with Gasteiger partial charge in [0, 0.05) is 42.8 Å². The third kappa shape index (κ3) is 3.09. The first-order chi connectivity index (χ1) is 10.7. The first-order valence-corrected chi connectivity index (χ1v) is 8.57. The molecule has 0 unspecified atom stereocenters. The Hall–Kier alpha value is -1.61. The minimum absolute atomic E-state index is 0.257. The molecule has 1 aromatic heterocycles. The smallest absolute Gasteiger partial charge is 0.225 e. The number of nitriles is 1. The summed E-state index contributed by atoms with van der Waals surface area (Å²) in [4.78, 5) is 20.9. The number of hydrogen-bond donors (Lipinski definition) is 0. The Morgan fingerprint density at radius 2 is 2.09 bits per heavy atom. The molecule has 0 aromatic carbocycles. The Kier molecular flexibility index (Phi) is 4.63. The Morgan fingerprint density at radius 3 is 2.77 bits per heavy atom. The van der Waals surface area contributed by atoms with Gasteiger partial charge in [-0.05, 0) is 41.3 Å². The van der Waals surface area contributed by atoms with Crippen LogP contribution in [-0.4, -0.2) is 42.0 Å². The van der Waals surface area contributed by atoms with E-state index in [1.807, 2.05) is 4.90 Å². The van der Waals surface area contributed by atoms with Crippen molar-refractivity contribution in [3.05, 3.63) is 22.3 Å². The lowest BCUT2D eigenvalue weighted by Gasteiger charge is -2.31. The zero-order valence-electron chi connectivity index (χ0n) is 12.5. The van der Waals surface area contributed by atoms with Gasteiger partial charge in [-0.25, -0.2) is 4.98 Å². The fourth-order valence-electron chi connectivity index (χ4n) is 3.03. The van der Waals surface area contributed by atoms with Gasteiger partial charge in [0.2, 0.25) is 5.91 Å². The second-order valence-electron chi connectivity index (χ2n) is 5.93. The molecule has 0 N–H and O–H groups in total. The van der Waals surface area contributed by atoms with E-state index in [-0.39, 0.29) is 5.92 Å². The van der Waals surface area contributed by atoms with Crippen LogP contribution in [0.1, 0.15) is 31.2 Å². The molecule has 1 aliphatic heterocycles. The summed E-state index contributed by atoms with van der Waals surface area (Å²) in [7, 11) is 0. The lowest BCUT2D eigenvalue weighted by Crippen LogP contribution is -2.41. The van der Waals surface area contributed by atoms with Crippen LogP contribution in [0, 0.1) is 17.2 Å². The van der Waals surface area contributed by atoms with Crippen LogP contribution in [0.15, 0.2) is 16.7 Å². The predicted molar refractivity (Wildman–Crippen MR) is 87.4 cm³/mol. The molecule has 1 aliphatic carbocycles. The molecular weight excluding hydrogens is 344 g/mol. The van der Waals surface area contributed by atoms with Crippen molar-refractivity contribution in [1.82, 2.24) is 9.88 Å². The van der Waals surface area contributed by atoms with E-state index < -0.39 is 0 Å². The van der Waals surface area contributed by atoms with E-state index in [0.29, 0.717) is 11.5 Å². The van der Waals surface area contributed by atoms with Gasteiger partial charge in [-0.15, -0.1) is 0 Å². The van der Waals surface area contributed by atoms with Gasteiger partial charge in [0.15, 0.2) is 0 Å². The van der Waals surface area contributed by atoms with Gasteiger partial charge in [0.25, 0.3) is 0 Å². The quantitative estimate of drug-likeness (QED) is 0.810. The van der Waals surface area contributed by atoms with Crippen molar-refractivity contribution in [2.24, 2.45) is 5.92 Å². The lowest BCUT2D eigenvalue weighted by molar-refractivity contribution is -0.137. The largest absolute Gasteiger partial charge is 0.354 e. The maximum atomic E-state index is 12.4. The van der Waals surface area contributed by atoms with E-state index in [0.717, 1.165) is 55.7 Å². The van der Waals surface area contributed by atoms with Gasteiger partial charge in [-0.3, -0.25) is 4.79 Å². The molecule has 1 saturated carbocycles. The fourth-order valence-corrected chi connectivity index (χ4v) is 3.36. The molecular formula is C16H19BrN4O. The average molecular weight is 363 g/mol. The molecule has 22 heavy (non-hydrogen) atoms. The van der Waals surface area contributed by atoms with E-state index in [1.165, 1.54) is 6.42 Å². The van der Waals surface area contributed by atoms with Crippen LogP contribution in [0.5, 0.6) is 0 Å². The van der Waals surface area contributed by atoms with Crippen molar-refractivity contribution in [2.45, 2.75) is 25.7 Å². The van der Waals surface area contributed by atoms with Gasteiger partial charge in [0.05, 0.1) is 5.56 Å². The summed E-state index contributed by atoms with van der Waals surface area (Å²) >= 11 is 3.35. The first kappa shape index (κ1) is 15.3. The molecule has 1 amide bonds. The number of anilines is 1. The van der Waals surface area contributed by atoms with Crippen molar-refractivity contribution >= 4 is 27.7 Å². The molecule has 2 aliphatic rings. The van der Waals surface area contributed by atoms with Crippen LogP contribution in [0.25, 0.3) is 0 Å². The number of carbonyl (C=O) groups is 1. The second kappa shape index (κ2) is 6.66. The summed E-state index contributed by atoms with van der Waals surface area (Å²) in [6.45, 7) is 3.10. The highest BCUT2D eigenvalue weighted by atomic mass is 79.9. The number of rotatable bonds is 2. The van der Waals surface area contributed by atoms with Crippen LogP contribution in [0.2, 0.25) is 0 Å². The molecule has 5 nitrogen and oxygen atoms in total. The summed E-state index contributed by atoms with van der Waals surface area (Å²) < 4.78 is 0.810. The van der Waals surface area contributed by atoms with Crippen molar-refractivity contribution in [2.75, 3.05) is 31.1 Å². The number of carbonyl (C=O) groups excluding carboxylic acids is 1. The van der Waals surface area contributed by atoms with E-state index in [2.05, 4.69) is 31.9 Å². The normalized spacial score (nSPS) is 19.3. The molecule has 116 valence electrons. The number of nitrogens with zero attached hydrogens (tertiary/aromatic N) is 4. The number of amides is 1. The van der Waals surface area contributed by atoms with Gasteiger partial charge < -0.3 is 9.80 Å². The van der Waals surface area contributed by atoms with Crippen LogP contribution in [-0.2, 0) is 4.79 Å². The van der Waals surface area contributed by atoms with E-state index in [9.17, 15) is 10.1 Å². The predicted octanol–water partition coefficient (Wildman–Crippen LogP) is 2.55. The van der Waals surface area contributed by atoms with Crippen LogP contribution in [0.4, 0.5) is 5.82 Å². The Balaban J connectivity index is 1.70. The lowest BCUT2D eigenvalue weighted by atomic mass is 9.84. The highest BCUT2D eigenvalue weighted by Gasteiger charge is 2.30. The monoisotopic (exact) mass is 362 g/mol. The zero-order valence-corrected chi connectivity index (χ0v) is 14.0. The highest BCUT2D eigenvalue weighted by Crippen LogP contribution is 2.29. The molecule has 0 radical (unpaired) electrons. The fraction of sp³-hybridized carbons (Fsp3) is 0.562. The highest BCUT2D eigenvalue weighted by molar-refractivity contribution is 9.10. The van der Waals surface area contributed by atoms with E-state index in [4.69, 9.17) is 0 Å². The Morgan fingerprint density at radius 1 is 1.27 bits per heavy atom. The summed E-state index contributed by atoms with van der Waals surface area (Å²) in [5.41, 5.74) is 0.577. The molecule has 6 heteroatoms. The van der Waals surface area contributed by atoms with Crippen LogP contribution in [0.3, 0.4) is 0 Å². The molecule has 2 fully saturated rings. The van der Waals surface area contributed by atoms with Crippen molar-refractivity contribution in [3.63, 3.8) is 0 Å². The maximum absolute atomic E-state index is 12.4. The van der Waals surface area contributed by atoms with Crippen molar-refractivity contribution in [3.8, 4) is 6.07 Å². The van der Waals surface area contributed by atoms with Gasteiger partial charge in [-0.1, -0.05) is 6.42 Å². The molecule has 1 aromatic rings. The van der Waals surface area contributed by atoms with Gasteiger partial charge >= 0.3 is 0 Å². The van der Waals surface area contributed by atoms with Gasteiger partial charge in [0.1, 0.15) is 11.9 Å². The minimum Gasteiger partial charge on any atom is -0.354 e. The van der Waals surface area contributed by atoms with Gasteiger partial charge in [-0.2, -0.15) is 5.26 Å². The Bertz CT molecular complexity index is 609. The van der Waals surface area contributed by atoms with Crippen LogP contribution < -0.4 is 4.90 Å². The molecule has 0 bridgehead atoms. The summed E-state index contributed by atoms with van der Waals surface area (Å²) in [5, 5.41) is 9.29. The molecule has 2 heterocycles. The maximum Gasteiger partial charge on any atom is 0.225 e. The summed E-state index contributed by atoms with van der Waals surface area (Å²) in [6.07, 6.45) is 5.92. The molecule has 0 atom stereocenters. The zero-order chi connectivity index (χ0) is 15.5. The standard InChI is InChI=1S/C16H19BrN4O/c17-14-9-13(10-18)15(19-11-14)20-5-2-6-21(8-7-20)16(22)12-3-1-4-12/h9,11-12H,1-8H2. The number of hydrogen-bond acceptors (Lipinski definition) is 4. The Labute approximate surface area is 139 Å². The third-order valence-electron chi connectivity index (χ3n) is 4.52. The van der Waals surface area contributed by atoms with E-state index in [1.54, 1.807) is 12.3 Å². The SMILES string of the molecule is N#Cc1cc(Br)cnc1N1CCCN(C(=O)C2CCC2)CC1. The van der Waals surface area contributed by atoms with Crippen molar-refractivity contribution < 1.29 is 4.79 Å². The van der Waals surface area contributed by atoms with E-state index >= 15 is 0 Å². The average Bonchev–Trinajstić information content (AvgIpc) is 2.71. The number of halogens is 1. The minimum atomic E-state index is 0.257. The summed E-state index contributed by atoms with van der Waals surface area (Å²) in [6, 6.07) is 4.01. The second-order valence-corrected chi connectivity index (χ2v) is 6.85. The van der Waals surface area contributed by atoms with Crippen LogP contribution >= 0.6 is 15.9 Å². The molecule has 1 saturated heterocycles. The molecule has 3 rings (SSSR count). The number of pyridine rings is 1. The topological polar surface area (TPSA) is 60.2 Å². The number of aromatic nitrogens is 1. The first-order valence-electron chi connectivity index (χ1n) is 7.78.